The Morgan fingerprint density at radius 3 is 3.00 bits per heavy atom. The van der Waals surface area contributed by atoms with E-state index in [0.29, 0.717) is 17.5 Å². The van der Waals surface area contributed by atoms with Crippen molar-refractivity contribution in [2.75, 3.05) is 7.05 Å². The zero-order valence-electron chi connectivity index (χ0n) is 6.05. The first-order valence-corrected chi connectivity index (χ1v) is 3.14. The Bertz CT molecular complexity index is 278. The van der Waals surface area contributed by atoms with E-state index in [1.807, 2.05) is 0 Å². The molecule has 1 amide bonds. The molecule has 1 aromatic heterocycles. The normalized spacial score (nSPS) is 9.18. The van der Waals surface area contributed by atoms with Gasteiger partial charge in [0.05, 0.1) is 11.3 Å². The van der Waals surface area contributed by atoms with Crippen LogP contribution in [-0.2, 0) is 0 Å². The minimum Gasteiger partial charge on any atom is -0.358 e. The van der Waals surface area contributed by atoms with Gasteiger partial charge in [-0.1, -0.05) is 0 Å². The fraction of sp³-hybridized carbons (Fsp3) is 0.143. The highest BCUT2D eigenvalue weighted by Gasteiger charge is 2.08. The lowest BCUT2D eigenvalue weighted by atomic mass is 10.2. The van der Waals surface area contributed by atoms with E-state index in [1.54, 1.807) is 12.3 Å². The predicted octanol–water partition coefficient (Wildman–Crippen LogP) is 0.187. The van der Waals surface area contributed by atoms with Crippen molar-refractivity contribution in [1.82, 2.24) is 10.3 Å². The number of amides is 1. The first kappa shape index (κ1) is 7.53. The van der Waals surface area contributed by atoms with E-state index < -0.39 is 0 Å². The highest BCUT2D eigenvalue weighted by Crippen LogP contribution is 2.02. The number of aromatic amines is 1. The van der Waals surface area contributed by atoms with E-state index in [1.165, 1.54) is 7.05 Å². The summed E-state index contributed by atoms with van der Waals surface area (Å²) in [6.45, 7) is 0. The molecule has 0 aliphatic rings. The Balaban J connectivity index is 3.01. The van der Waals surface area contributed by atoms with Crippen LogP contribution >= 0.6 is 0 Å². The molecular formula is C7H8N2O2. The molecule has 1 heterocycles. The van der Waals surface area contributed by atoms with E-state index in [2.05, 4.69) is 10.3 Å². The summed E-state index contributed by atoms with van der Waals surface area (Å²) in [6, 6.07) is 1.56. The second kappa shape index (κ2) is 3.01. The molecule has 0 saturated carbocycles. The van der Waals surface area contributed by atoms with Gasteiger partial charge in [0.25, 0.3) is 5.91 Å². The molecule has 4 nitrogen and oxygen atoms in total. The van der Waals surface area contributed by atoms with Crippen LogP contribution in [-0.4, -0.2) is 24.2 Å². The molecule has 2 N–H and O–H groups in total. The summed E-state index contributed by atoms with van der Waals surface area (Å²) in [4.78, 5) is 23.9. The third-order valence-corrected chi connectivity index (χ3v) is 1.37. The fourth-order valence-electron chi connectivity index (χ4n) is 0.812. The van der Waals surface area contributed by atoms with Crippen molar-refractivity contribution in [3.63, 3.8) is 0 Å². The van der Waals surface area contributed by atoms with Crippen LogP contribution in [0.2, 0.25) is 0 Å². The van der Waals surface area contributed by atoms with E-state index in [-0.39, 0.29) is 5.91 Å². The number of rotatable bonds is 2. The van der Waals surface area contributed by atoms with E-state index in [4.69, 9.17) is 0 Å². The van der Waals surface area contributed by atoms with Gasteiger partial charge in [-0.3, -0.25) is 9.59 Å². The van der Waals surface area contributed by atoms with Gasteiger partial charge in [0.15, 0.2) is 6.29 Å². The molecule has 0 spiro atoms. The molecule has 0 unspecified atom stereocenters. The van der Waals surface area contributed by atoms with Gasteiger partial charge in [-0.2, -0.15) is 0 Å². The lowest BCUT2D eigenvalue weighted by Gasteiger charge is -1.94. The van der Waals surface area contributed by atoms with Crippen molar-refractivity contribution in [2.24, 2.45) is 0 Å². The van der Waals surface area contributed by atoms with Crippen molar-refractivity contribution in [1.29, 1.82) is 0 Å². The summed E-state index contributed by atoms with van der Waals surface area (Å²) in [5.74, 6) is -0.256. The van der Waals surface area contributed by atoms with Crippen LogP contribution in [0.5, 0.6) is 0 Å². The third-order valence-electron chi connectivity index (χ3n) is 1.37. The van der Waals surface area contributed by atoms with E-state index in [9.17, 15) is 9.59 Å². The number of carbonyl (C=O) groups excluding carboxylic acids is 2. The molecule has 11 heavy (non-hydrogen) atoms. The number of hydrogen-bond donors (Lipinski definition) is 2. The summed E-state index contributed by atoms with van der Waals surface area (Å²) in [6.07, 6.45) is 2.17. The van der Waals surface area contributed by atoms with Gasteiger partial charge in [0, 0.05) is 13.2 Å². The number of carbonyl (C=O) groups is 2. The quantitative estimate of drug-likeness (QED) is 0.594. The second-order valence-corrected chi connectivity index (χ2v) is 2.00. The largest absolute Gasteiger partial charge is 0.358 e. The molecular weight excluding hydrogens is 144 g/mol. The van der Waals surface area contributed by atoms with Crippen molar-refractivity contribution < 1.29 is 9.59 Å². The van der Waals surface area contributed by atoms with Gasteiger partial charge in [0.1, 0.15) is 0 Å². The van der Waals surface area contributed by atoms with Gasteiger partial charge in [-0.05, 0) is 6.07 Å². The SMILES string of the molecule is CNC(=O)c1cc[nH]c1C=O. The fourth-order valence-corrected chi connectivity index (χ4v) is 0.812. The van der Waals surface area contributed by atoms with E-state index >= 15 is 0 Å². The monoisotopic (exact) mass is 152 g/mol. The first-order valence-electron chi connectivity index (χ1n) is 3.14. The maximum Gasteiger partial charge on any atom is 0.253 e. The van der Waals surface area contributed by atoms with Gasteiger partial charge < -0.3 is 10.3 Å². The van der Waals surface area contributed by atoms with Gasteiger partial charge in [-0.25, -0.2) is 0 Å². The molecule has 0 aromatic carbocycles. The summed E-state index contributed by atoms with van der Waals surface area (Å²) < 4.78 is 0. The molecule has 0 bridgehead atoms. The Morgan fingerprint density at radius 1 is 1.73 bits per heavy atom. The molecule has 1 aromatic rings. The van der Waals surface area contributed by atoms with Crippen molar-refractivity contribution >= 4 is 12.2 Å². The van der Waals surface area contributed by atoms with E-state index in [0.717, 1.165) is 0 Å². The average molecular weight is 152 g/mol. The van der Waals surface area contributed by atoms with Crippen LogP contribution < -0.4 is 5.32 Å². The molecule has 0 atom stereocenters. The highest BCUT2D eigenvalue weighted by atomic mass is 16.1. The van der Waals surface area contributed by atoms with Crippen LogP contribution in [0.25, 0.3) is 0 Å². The summed E-state index contributed by atoms with van der Waals surface area (Å²) in [5, 5.41) is 2.42. The van der Waals surface area contributed by atoms with Gasteiger partial charge >= 0.3 is 0 Å². The topological polar surface area (TPSA) is 62.0 Å². The van der Waals surface area contributed by atoms with Crippen LogP contribution in [0.1, 0.15) is 20.8 Å². The maximum absolute atomic E-state index is 11.0. The lowest BCUT2D eigenvalue weighted by Crippen LogP contribution is -2.18. The first-order chi connectivity index (χ1) is 5.29. The maximum atomic E-state index is 11.0. The van der Waals surface area contributed by atoms with Crippen LogP contribution in [0.4, 0.5) is 0 Å². The molecule has 0 fully saturated rings. The summed E-state index contributed by atoms with van der Waals surface area (Å²) in [5.41, 5.74) is 0.687. The molecule has 0 aliphatic carbocycles. The third kappa shape index (κ3) is 1.29. The molecule has 1 rings (SSSR count). The Morgan fingerprint density at radius 2 is 2.45 bits per heavy atom. The Labute approximate surface area is 63.6 Å². The number of aromatic nitrogens is 1. The smallest absolute Gasteiger partial charge is 0.253 e. The Kier molecular flexibility index (Phi) is 2.06. The van der Waals surface area contributed by atoms with Gasteiger partial charge in [-0.15, -0.1) is 0 Å². The zero-order chi connectivity index (χ0) is 8.27. The summed E-state index contributed by atoms with van der Waals surface area (Å²) >= 11 is 0. The van der Waals surface area contributed by atoms with Crippen molar-refractivity contribution in [2.45, 2.75) is 0 Å². The minimum absolute atomic E-state index is 0.256. The second-order valence-electron chi connectivity index (χ2n) is 2.00. The Hall–Kier alpha value is -1.58. The van der Waals surface area contributed by atoms with Gasteiger partial charge in [0.2, 0.25) is 0 Å². The number of hydrogen-bond acceptors (Lipinski definition) is 2. The molecule has 58 valence electrons. The highest BCUT2D eigenvalue weighted by molar-refractivity contribution is 6.00. The van der Waals surface area contributed by atoms with Crippen LogP contribution in [0, 0.1) is 0 Å². The van der Waals surface area contributed by atoms with Crippen LogP contribution in [0.3, 0.4) is 0 Å². The molecule has 0 saturated heterocycles. The standard InChI is InChI=1S/C7H8N2O2/c1-8-7(11)5-2-3-9-6(5)4-10/h2-4,9H,1H3,(H,8,11). The number of nitrogens with one attached hydrogen (secondary N) is 2. The summed E-state index contributed by atoms with van der Waals surface area (Å²) in [7, 11) is 1.52. The average Bonchev–Trinajstić information content (AvgIpc) is 2.50. The molecule has 0 radical (unpaired) electrons. The van der Waals surface area contributed by atoms with Crippen molar-refractivity contribution in [3.8, 4) is 0 Å². The number of H-pyrrole nitrogens is 1. The molecule has 4 heteroatoms. The van der Waals surface area contributed by atoms with Crippen molar-refractivity contribution in [3.05, 3.63) is 23.5 Å². The van der Waals surface area contributed by atoms with Crippen LogP contribution in [0.15, 0.2) is 12.3 Å². The zero-order valence-corrected chi connectivity index (χ0v) is 6.05. The molecule has 0 aliphatic heterocycles. The predicted molar refractivity (Wildman–Crippen MR) is 39.6 cm³/mol. The number of aldehydes is 1. The lowest BCUT2D eigenvalue weighted by molar-refractivity contribution is 0.0957. The minimum atomic E-state index is -0.256.